The van der Waals surface area contributed by atoms with Gasteiger partial charge in [0.05, 0.1) is 5.41 Å². The molecule has 28 heavy (non-hydrogen) atoms. The first-order chi connectivity index (χ1) is 13.3. The molecule has 152 valence electrons. The number of fused-ring (bicyclic) bond motifs is 1. The molecule has 0 amide bonds. The number of benzene rings is 2. The molecule has 1 aliphatic rings. The van der Waals surface area contributed by atoms with Crippen LogP contribution in [0.2, 0.25) is 0 Å². The van der Waals surface area contributed by atoms with E-state index in [2.05, 4.69) is 26.0 Å². The summed E-state index contributed by atoms with van der Waals surface area (Å²) in [6, 6.07) is 15.7. The molecule has 0 spiro atoms. The lowest BCUT2D eigenvalue weighted by molar-refractivity contribution is -0.160. The standard InChI is InChI=1S/C15H20O2.C10H14O/c1-4-15(2,3)14(16)17-13-10-9-11-7-5-6-8-12(11)13;1-3-8(2)9-4-6-10(11)7-5-9/h5-8,13H,4,9-10H2,1-3H3;4-8,11H,3H2,1-2H3. The Morgan fingerprint density at radius 1 is 1.14 bits per heavy atom. The zero-order chi connectivity index (χ0) is 20.7. The van der Waals surface area contributed by atoms with Gasteiger partial charge in [-0.2, -0.15) is 0 Å². The van der Waals surface area contributed by atoms with Gasteiger partial charge < -0.3 is 9.84 Å². The second-order valence-electron chi connectivity index (χ2n) is 8.27. The summed E-state index contributed by atoms with van der Waals surface area (Å²) in [6.07, 6.45) is 3.85. The van der Waals surface area contributed by atoms with Crippen molar-refractivity contribution in [1.29, 1.82) is 0 Å². The highest BCUT2D eigenvalue weighted by molar-refractivity contribution is 5.76. The molecule has 3 nitrogen and oxygen atoms in total. The van der Waals surface area contributed by atoms with Crippen LogP contribution in [0.4, 0.5) is 0 Å². The van der Waals surface area contributed by atoms with Gasteiger partial charge in [0.25, 0.3) is 0 Å². The lowest BCUT2D eigenvalue weighted by atomic mass is 9.90. The van der Waals surface area contributed by atoms with E-state index in [9.17, 15) is 4.79 Å². The number of rotatable bonds is 5. The topological polar surface area (TPSA) is 46.5 Å². The maximum Gasteiger partial charge on any atom is 0.312 e. The molecule has 1 N–H and O–H groups in total. The van der Waals surface area contributed by atoms with E-state index in [0.717, 1.165) is 25.7 Å². The summed E-state index contributed by atoms with van der Waals surface area (Å²) < 4.78 is 5.65. The van der Waals surface area contributed by atoms with Gasteiger partial charge in [-0.25, -0.2) is 0 Å². The fraction of sp³-hybridized carbons (Fsp3) is 0.480. The van der Waals surface area contributed by atoms with Crippen LogP contribution in [-0.4, -0.2) is 11.1 Å². The van der Waals surface area contributed by atoms with Crippen molar-refractivity contribution < 1.29 is 14.6 Å². The largest absolute Gasteiger partial charge is 0.508 e. The van der Waals surface area contributed by atoms with Gasteiger partial charge in [-0.3, -0.25) is 4.79 Å². The molecule has 2 atom stereocenters. The van der Waals surface area contributed by atoms with Crippen LogP contribution in [0.3, 0.4) is 0 Å². The molecule has 0 fully saturated rings. The van der Waals surface area contributed by atoms with Crippen molar-refractivity contribution in [1.82, 2.24) is 0 Å². The Morgan fingerprint density at radius 2 is 1.79 bits per heavy atom. The Morgan fingerprint density at radius 3 is 2.39 bits per heavy atom. The van der Waals surface area contributed by atoms with Crippen LogP contribution in [0.5, 0.6) is 5.75 Å². The van der Waals surface area contributed by atoms with Crippen molar-refractivity contribution >= 4 is 5.97 Å². The molecule has 3 heteroatoms. The predicted octanol–water partition coefficient (Wildman–Crippen LogP) is 6.56. The zero-order valence-electron chi connectivity index (χ0n) is 17.9. The Hall–Kier alpha value is -2.29. The van der Waals surface area contributed by atoms with Gasteiger partial charge in [-0.05, 0) is 74.3 Å². The Labute approximate surface area is 169 Å². The highest BCUT2D eigenvalue weighted by Crippen LogP contribution is 2.36. The van der Waals surface area contributed by atoms with Crippen molar-refractivity contribution in [2.45, 2.75) is 72.3 Å². The van der Waals surface area contributed by atoms with Crippen LogP contribution in [0, 0.1) is 5.41 Å². The number of hydrogen-bond donors (Lipinski definition) is 1. The highest BCUT2D eigenvalue weighted by Gasteiger charge is 2.32. The summed E-state index contributed by atoms with van der Waals surface area (Å²) in [6.45, 7) is 10.3. The molecule has 2 aromatic carbocycles. The second kappa shape index (κ2) is 9.77. The number of ether oxygens (including phenoxy) is 1. The van der Waals surface area contributed by atoms with Gasteiger partial charge >= 0.3 is 5.97 Å². The Balaban J connectivity index is 0.000000221. The quantitative estimate of drug-likeness (QED) is 0.596. The van der Waals surface area contributed by atoms with Crippen molar-refractivity contribution in [3.8, 4) is 5.75 Å². The van der Waals surface area contributed by atoms with Crippen LogP contribution in [0.1, 0.15) is 82.6 Å². The van der Waals surface area contributed by atoms with E-state index in [4.69, 9.17) is 9.84 Å². The highest BCUT2D eigenvalue weighted by atomic mass is 16.5. The first kappa shape index (κ1) is 22.0. The van der Waals surface area contributed by atoms with E-state index in [1.54, 1.807) is 12.1 Å². The lowest BCUT2D eigenvalue weighted by Crippen LogP contribution is -2.26. The molecule has 3 rings (SSSR count). The molecule has 0 saturated carbocycles. The van der Waals surface area contributed by atoms with E-state index < -0.39 is 0 Å². The third-order valence-electron chi connectivity index (χ3n) is 5.84. The number of phenolic OH excluding ortho intramolecular Hbond substituents is 1. The van der Waals surface area contributed by atoms with Crippen molar-refractivity contribution in [3.63, 3.8) is 0 Å². The molecular formula is C25H34O3. The molecule has 2 unspecified atom stereocenters. The van der Waals surface area contributed by atoms with E-state index >= 15 is 0 Å². The summed E-state index contributed by atoms with van der Waals surface area (Å²) in [5.41, 5.74) is 3.43. The molecule has 0 bridgehead atoms. The van der Waals surface area contributed by atoms with Crippen molar-refractivity contribution in [2.24, 2.45) is 5.41 Å². The van der Waals surface area contributed by atoms with E-state index in [0.29, 0.717) is 11.7 Å². The lowest BCUT2D eigenvalue weighted by Gasteiger charge is -2.23. The number of hydrogen-bond acceptors (Lipinski definition) is 3. The summed E-state index contributed by atoms with van der Waals surface area (Å²) in [4.78, 5) is 12.0. The molecule has 0 saturated heterocycles. The van der Waals surface area contributed by atoms with Gasteiger partial charge in [-0.15, -0.1) is 0 Å². The molecular weight excluding hydrogens is 348 g/mol. The zero-order valence-corrected chi connectivity index (χ0v) is 17.9. The van der Waals surface area contributed by atoms with Gasteiger partial charge in [0.1, 0.15) is 11.9 Å². The third-order valence-corrected chi connectivity index (χ3v) is 5.84. The smallest absolute Gasteiger partial charge is 0.312 e. The van der Waals surface area contributed by atoms with Crippen molar-refractivity contribution in [2.75, 3.05) is 0 Å². The molecule has 0 heterocycles. The van der Waals surface area contributed by atoms with Crippen LogP contribution in [0.25, 0.3) is 0 Å². The summed E-state index contributed by atoms with van der Waals surface area (Å²) in [5, 5.41) is 9.01. The number of aromatic hydroxyl groups is 1. The van der Waals surface area contributed by atoms with Crippen LogP contribution in [-0.2, 0) is 16.0 Å². The maximum absolute atomic E-state index is 12.0. The average Bonchev–Trinajstić information content (AvgIpc) is 3.11. The molecule has 1 aliphatic carbocycles. The van der Waals surface area contributed by atoms with Crippen molar-refractivity contribution in [3.05, 3.63) is 65.2 Å². The number of carbonyl (C=O) groups excluding carboxylic acids is 1. The van der Waals surface area contributed by atoms with Gasteiger partial charge in [0.2, 0.25) is 0 Å². The molecule has 2 aromatic rings. The molecule has 0 aliphatic heterocycles. The number of carbonyl (C=O) groups is 1. The SMILES string of the molecule is CCC(C)(C)C(=O)OC1CCc2ccccc21.CCC(C)c1ccc(O)cc1. The number of aryl methyl sites for hydroxylation is 1. The van der Waals surface area contributed by atoms with Gasteiger partial charge in [-0.1, -0.05) is 57.2 Å². The van der Waals surface area contributed by atoms with Crippen LogP contribution >= 0.6 is 0 Å². The minimum Gasteiger partial charge on any atom is -0.508 e. The summed E-state index contributed by atoms with van der Waals surface area (Å²) in [5.74, 6) is 0.856. The fourth-order valence-corrected chi connectivity index (χ4v) is 3.11. The van der Waals surface area contributed by atoms with Crippen LogP contribution in [0.15, 0.2) is 48.5 Å². The minimum absolute atomic E-state index is 0.0375. The maximum atomic E-state index is 12.0. The fourth-order valence-electron chi connectivity index (χ4n) is 3.11. The number of esters is 1. The van der Waals surface area contributed by atoms with E-state index in [1.807, 2.05) is 45.0 Å². The first-order valence-corrected chi connectivity index (χ1v) is 10.4. The predicted molar refractivity (Wildman–Crippen MR) is 114 cm³/mol. The van der Waals surface area contributed by atoms with E-state index in [-0.39, 0.29) is 17.5 Å². The normalized spacial score (nSPS) is 16.5. The monoisotopic (exact) mass is 382 g/mol. The van der Waals surface area contributed by atoms with Gasteiger partial charge in [0, 0.05) is 0 Å². The Kier molecular flexibility index (Phi) is 7.68. The average molecular weight is 383 g/mol. The molecule has 0 aromatic heterocycles. The van der Waals surface area contributed by atoms with Gasteiger partial charge in [0.15, 0.2) is 0 Å². The van der Waals surface area contributed by atoms with E-state index in [1.165, 1.54) is 16.7 Å². The number of phenols is 1. The first-order valence-electron chi connectivity index (χ1n) is 10.4. The summed E-state index contributed by atoms with van der Waals surface area (Å²) in [7, 11) is 0. The molecule has 0 radical (unpaired) electrons. The third kappa shape index (κ3) is 5.60. The van der Waals surface area contributed by atoms with Crippen LogP contribution < -0.4 is 0 Å². The Bertz CT molecular complexity index is 762. The summed E-state index contributed by atoms with van der Waals surface area (Å²) >= 11 is 0. The minimum atomic E-state index is -0.377. The second-order valence-corrected chi connectivity index (χ2v) is 8.27.